The summed E-state index contributed by atoms with van der Waals surface area (Å²) in [4.78, 5) is 13.1. The number of hydrogen-bond donors (Lipinski definition) is 1. The molecule has 0 radical (unpaired) electrons. The van der Waals surface area contributed by atoms with Crippen LogP contribution in [0.5, 0.6) is 0 Å². The Bertz CT molecular complexity index is 577. The summed E-state index contributed by atoms with van der Waals surface area (Å²) in [7, 11) is 0. The molecule has 2 unspecified atom stereocenters. The van der Waals surface area contributed by atoms with Gasteiger partial charge in [-0.05, 0) is 38.3 Å². The SMILES string of the molecule is CC#CC1C2CCC[C@]1(CSc1ccccc1)NC(=O)O2. The standard InChI is InChI=1S/C17H19NO2S/c1-2-7-14-15-10-6-11-17(14,18-16(19)20-15)12-21-13-8-4-3-5-9-13/h3-5,8-9,14-15H,6,10-12H2,1H3,(H,18,19)/t14?,15?,17-/m1/s1. The molecule has 1 amide bonds. The fourth-order valence-electron chi connectivity index (χ4n) is 3.25. The van der Waals surface area contributed by atoms with Crippen LogP contribution in [0.25, 0.3) is 0 Å². The maximum Gasteiger partial charge on any atom is 0.407 e. The number of carbonyl (C=O) groups is 1. The van der Waals surface area contributed by atoms with E-state index >= 15 is 0 Å². The van der Waals surface area contributed by atoms with E-state index in [1.807, 2.05) is 25.1 Å². The first-order chi connectivity index (χ1) is 10.2. The van der Waals surface area contributed by atoms with E-state index in [0.717, 1.165) is 25.0 Å². The van der Waals surface area contributed by atoms with E-state index in [2.05, 4.69) is 29.3 Å². The van der Waals surface area contributed by atoms with Gasteiger partial charge in [-0.15, -0.1) is 17.7 Å². The van der Waals surface area contributed by atoms with Crippen molar-refractivity contribution in [2.75, 3.05) is 5.75 Å². The molecule has 3 rings (SSSR count). The zero-order chi connectivity index (χ0) is 14.7. The number of benzene rings is 1. The molecule has 1 aromatic carbocycles. The Kier molecular flexibility index (Phi) is 4.12. The molecule has 0 spiro atoms. The van der Waals surface area contributed by atoms with Gasteiger partial charge in [0, 0.05) is 10.6 Å². The fraction of sp³-hybridized carbons (Fsp3) is 0.471. The van der Waals surface area contributed by atoms with Gasteiger partial charge in [-0.1, -0.05) is 24.1 Å². The molecule has 1 aliphatic heterocycles. The van der Waals surface area contributed by atoms with Gasteiger partial charge >= 0.3 is 6.09 Å². The normalized spacial score (nSPS) is 30.6. The summed E-state index contributed by atoms with van der Waals surface area (Å²) in [5, 5.41) is 3.08. The van der Waals surface area contributed by atoms with Crippen molar-refractivity contribution in [3.8, 4) is 11.8 Å². The van der Waals surface area contributed by atoms with E-state index in [-0.39, 0.29) is 23.7 Å². The van der Waals surface area contributed by atoms with Crippen molar-refractivity contribution in [1.82, 2.24) is 5.32 Å². The van der Waals surface area contributed by atoms with E-state index in [1.165, 1.54) is 4.90 Å². The van der Waals surface area contributed by atoms with Crippen molar-refractivity contribution in [2.45, 2.75) is 42.7 Å². The summed E-state index contributed by atoms with van der Waals surface area (Å²) in [6, 6.07) is 10.3. The van der Waals surface area contributed by atoms with E-state index in [9.17, 15) is 4.79 Å². The van der Waals surface area contributed by atoms with Crippen molar-refractivity contribution in [2.24, 2.45) is 5.92 Å². The largest absolute Gasteiger partial charge is 0.445 e. The first-order valence-electron chi connectivity index (χ1n) is 7.32. The van der Waals surface area contributed by atoms with E-state index in [0.29, 0.717) is 0 Å². The number of carbonyl (C=O) groups excluding carboxylic acids is 1. The summed E-state index contributed by atoms with van der Waals surface area (Å²) in [6.45, 7) is 1.85. The number of ether oxygens (including phenoxy) is 1. The smallest absolute Gasteiger partial charge is 0.407 e. The van der Waals surface area contributed by atoms with E-state index in [4.69, 9.17) is 4.74 Å². The second-order valence-electron chi connectivity index (χ2n) is 5.59. The van der Waals surface area contributed by atoms with Gasteiger partial charge in [0.1, 0.15) is 6.10 Å². The second kappa shape index (κ2) is 6.03. The Morgan fingerprint density at radius 1 is 1.43 bits per heavy atom. The molecule has 1 N–H and O–H groups in total. The molecule has 1 aromatic rings. The van der Waals surface area contributed by atoms with Gasteiger partial charge < -0.3 is 10.1 Å². The molecule has 1 saturated carbocycles. The highest BCUT2D eigenvalue weighted by atomic mass is 32.2. The van der Waals surface area contributed by atoms with Crippen molar-refractivity contribution in [1.29, 1.82) is 0 Å². The first-order valence-corrected chi connectivity index (χ1v) is 8.31. The minimum Gasteiger partial charge on any atom is -0.445 e. The maximum atomic E-state index is 11.9. The lowest BCUT2D eigenvalue weighted by atomic mass is 9.71. The lowest BCUT2D eigenvalue weighted by Gasteiger charge is -2.49. The summed E-state index contributed by atoms with van der Waals surface area (Å²) >= 11 is 1.78. The summed E-state index contributed by atoms with van der Waals surface area (Å²) in [6.07, 6.45) is 2.61. The van der Waals surface area contributed by atoms with Crippen LogP contribution in [0.2, 0.25) is 0 Å². The summed E-state index contributed by atoms with van der Waals surface area (Å²) < 4.78 is 5.44. The molecule has 21 heavy (non-hydrogen) atoms. The molecule has 2 bridgehead atoms. The topological polar surface area (TPSA) is 38.3 Å². The van der Waals surface area contributed by atoms with Gasteiger partial charge in [0.05, 0.1) is 11.5 Å². The molecule has 110 valence electrons. The van der Waals surface area contributed by atoms with Gasteiger partial charge in [-0.2, -0.15) is 0 Å². The minimum absolute atomic E-state index is 0.0590. The first kappa shape index (κ1) is 14.3. The molecule has 3 atom stereocenters. The molecular weight excluding hydrogens is 282 g/mol. The van der Waals surface area contributed by atoms with Crippen LogP contribution in [0.1, 0.15) is 26.2 Å². The van der Waals surface area contributed by atoms with Crippen LogP contribution >= 0.6 is 11.8 Å². The molecule has 1 heterocycles. The zero-order valence-electron chi connectivity index (χ0n) is 12.1. The maximum absolute atomic E-state index is 11.9. The van der Waals surface area contributed by atoms with Gasteiger partial charge in [0.25, 0.3) is 0 Å². The molecule has 4 heteroatoms. The molecule has 2 fully saturated rings. The second-order valence-corrected chi connectivity index (χ2v) is 6.64. The van der Waals surface area contributed by atoms with E-state index in [1.54, 1.807) is 11.8 Å². The summed E-state index contributed by atoms with van der Waals surface area (Å²) in [5.74, 6) is 7.22. The average molecular weight is 301 g/mol. The Balaban J connectivity index is 1.82. The molecular formula is C17H19NO2S. The number of amides is 1. The number of thioether (sulfide) groups is 1. The van der Waals surface area contributed by atoms with Crippen molar-refractivity contribution < 1.29 is 9.53 Å². The highest BCUT2D eigenvalue weighted by Gasteiger charge is 2.51. The lowest BCUT2D eigenvalue weighted by molar-refractivity contribution is -0.0200. The number of fused-ring (bicyclic) bond motifs is 2. The predicted octanol–water partition coefficient (Wildman–Crippen LogP) is 3.45. The Morgan fingerprint density at radius 3 is 3.00 bits per heavy atom. The van der Waals surface area contributed by atoms with Gasteiger partial charge in [-0.25, -0.2) is 4.79 Å². The van der Waals surface area contributed by atoms with Crippen LogP contribution in [-0.4, -0.2) is 23.5 Å². The van der Waals surface area contributed by atoms with Gasteiger partial charge in [0.2, 0.25) is 0 Å². The monoisotopic (exact) mass is 301 g/mol. The molecule has 1 saturated heterocycles. The van der Waals surface area contributed by atoms with Crippen LogP contribution in [-0.2, 0) is 4.74 Å². The quantitative estimate of drug-likeness (QED) is 0.686. The minimum atomic E-state index is -0.289. The highest BCUT2D eigenvalue weighted by Crippen LogP contribution is 2.41. The third-order valence-electron chi connectivity index (χ3n) is 4.23. The Morgan fingerprint density at radius 2 is 2.24 bits per heavy atom. The molecule has 1 aliphatic carbocycles. The third-order valence-corrected chi connectivity index (χ3v) is 5.49. The zero-order valence-corrected chi connectivity index (χ0v) is 12.9. The summed E-state index contributed by atoms with van der Waals surface area (Å²) in [5.41, 5.74) is -0.262. The van der Waals surface area contributed by atoms with E-state index < -0.39 is 0 Å². The molecule has 2 aliphatic rings. The number of rotatable bonds is 3. The van der Waals surface area contributed by atoms with Crippen LogP contribution in [0.4, 0.5) is 4.79 Å². The Labute approximate surface area is 129 Å². The lowest BCUT2D eigenvalue weighted by Crippen LogP contribution is -2.65. The third kappa shape index (κ3) is 2.89. The predicted molar refractivity (Wildman–Crippen MR) is 84.1 cm³/mol. The highest BCUT2D eigenvalue weighted by molar-refractivity contribution is 7.99. The number of alkyl carbamates (subject to hydrolysis) is 1. The van der Waals surface area contributed by atoms with Gasteiger partial charge in [-0.3, -0.25) is 0 Å². The van der Waals surface area contributed by atoms with Crippen molar-refractivity contribution in [3.63, 3.8) is 0 Å². The van der Waals surface area contributed by atoms with Crippen LogP contribution < -0.4 is 5.32 Å². The van der Waals surface area contributed by atoms with Crippen molar-refractivity contribution >= 4 is 17.9 Å². The number of hydrogen-bond acceptors (Lipinski definition) is 3. The van der Waals surface area contributed by atoms with Crippen LogP contribution in [0, 0.1) is 17.8 Å². The average Bonchev–Trinajstić information content (AvgIpc) is 2.48. The molecule has 3 nitrogen and oxygen atoms in total. The number of nitrogens with one attached hydrogen (secondary N) is 1. The van der Waals surface area contributed by atoms with Crippen LogP contribution in [0.15, 0.2) is 35.2 Å². The van der Waals surface area contributed by atoms with Crippen molar-refractivity contribution in [3.05, 3.63) is 30.3 Å². The van der Waals surface area contributed by atoms with Crippen LogP contribution in [0.3, 0.4) is 0 Å². The molecule has 0 aromatic heterocycles. The van der Waals surface area contributed by atoms with Gasteiger partial charge in [0.15, 0.2) is 0 Å². The fourth-order valence-corrected chi connectivity index (χ4v) is 4.42. The Hall–Kier alpha value is -1.60.